The van der Waals surface area contributed by atoms with E-state index in [0.717, 1.165) is 6.42 Å². The van der Waals surface area contributed by atoms with E-state index in [1.807, 2.05) is 6.92 Å². The monoisotopic (exact) mass is 154 g/mol. The van der Waals surface area contributed by atoms with E-state index in [1.165, 1.54) is 0 Å². The molecule has 0 fully saturated rings. The molecule has 0 aliphatic rings. The summed E-state index contributed by atoms with van der Waals surface area (Å²) in [7, 11) is 0. The first-order chi connectivity index (χ1) is 5.07. The van der Waals surface area contributed by atoms with E-state index >= 15 is 0 Å². The lowest BCUT2D eigenvalue weighted by atomic mass is 10.1. The van der Waals surface area contributed by atoms with Gasteiger partial charge in [-0.25, -0.2) is 0 Å². The quantitative estimate of drug-likeness (QED) is 0.586. The first-order valence-corrected chi connectivity index (χ1v) is 4.03. The Balaban J connectivity index is 3.58. The van der Waals surface area contributed by atoms with Gasteiger partial charge in [-0.1, -0.05) is 0 Å². The summed E-state index contributed by atoms with van der Waals surface area (Å²) < 4.78 is 0. The number of hydrogen-bond acceptors (Lipinski definition) is 2. The van der Waals surface area contributed by atoms with Gasteiger partial charge in [0.15, 0.2) is 0 Å². The van der Waals surface area contributed by atoms with Gasteiger partial charge in [-0.2, -0.15) is 0 Å². The van der Waals surface area contributed by atoms with Crippen molar-refractivity contribution in [2.45, 2.75) is 45.3 Å². The Morgan fingerprint density at radius 3 is 2.36 bits per heavy atom. The number of hydrogen-bond donors (Lipinski definition) is 2. The molecule has 3 unspecified atom stereocenters. The van der Waals surface area contributed by atoms with Crippen LogP contribution in [0.15, 0.2) is 0 Å². The third kappa shape index (κ3) is 4.83. The highest BCUT2D eigenvalue weighted by Crippen LogP contribution is 1.94. The maximum absolute atomic E-state index is 5.67. The van der Waals surface area contributed by atoms with E-state index in [-0.39, 0.29) is 6.04 Å². The Morgan fingerprint density at radius 1 is 1.45 bits per heavy atom. The fraction of sp³-hybridized carbons (Fsp3) is 0.778. The van der Waals surface area contributed by atoms with Gasteiger partial charge in [0, 0.05) is 24.5 Å². The van der Waals surface area contributed by atoms with Crippen molar-refractivity contribution in [3.63, 3.8) is 0 Å². The summed E-state index contributed by atoms with van der Waals surface area (Å²) in [4.78, 5) is 0. The van der Waals surface area contributed by atoms with Crippen molar-refractivity contribution in [1.29, 1.82) is 0 Å². The van der Waals surface area contributed by atoms with E-state index < -0.39 is 0 Å². The molecule has 0 saturated carbocycles. The molecule has 2 heteroatoms. The maximum Gasteiger partial charge on any atom is 0.0238 e. The molecule has 0 aromatic carbocycles. The Hall–Kier alpha value is -0.520. The van der Waals surface area contributed by atoms with Crippen LogP contribution in [0.3, 0.4) is 0 Å². The minimum Gasteiger partial charge on any atom is -0.327 e. The third-order valence-corrected chi connectivity index (χ3v) is 1.76. The van der Waals surface area contributed by atoms with Crippen LogP contribution in [0.5, 0.6) is 0 Å². The third-order valence-electron chi connectivity index (χ3n) is 1.76. The zero-order valence-electron chi connectivity index (χ0n) is 7.59. The van der Waals surface area contributed by atoms with Crippen molar-refractivity contribution >= 4 is 0 Å². The lowest BCUT2D eigenvalue weighted by Crippen LogP contribution is -2.44. The van der Waals surface area contributed by atoms with Gasteiger partial charge in [-0.3, -0.25) is 0 Å². The van der Waals surface area contributed by atoms with Crippen molar-refractivity contribution in [2.75, 3.05) is 0 Å². The molecular weight excluding hydrogens is 136 g/mol. The molecular formula is C9H18N2. The molecule has 0 aromatic rings. The molecule has 0 amide bonds. The molecule has 0 saturated heterocycles. The second kappa shape index (κ2) is 5.17. The van der Waals surface area contributed by atoms with Crippen molar-refractivity contribution < 1.29 is 0 Å². The van der Waals surface area contributed by atoms with E-state index in [0.29, 0.717) is 12.1 Å². The zero-order valence-corrected chi connectivity index (χ0v) is 7.59. The van der Waals surface area contributed by atoms with Gasteiger partial charge in [0.1, 0.15) is 0 Å². The second-order valence-corrected chi connectivity index (χ2v) is 3.12. The molecule has 0 radical (unpaired) electrons. The average Bonchev–Trinajstić information content (AvgIpc) is 1.87. The molecule has 64 valence electrons. The van der Waals surface area contributed by atoms with Crippen LogP contribution in [0, 0.1) is 12.3 Å². The van der Waals surface area contributed by atoms with Crippen molar-refractivity contribution in [3.8, 4) is 12.3 Å². The molecule has 0 aliphatic heterocycles. The van der Waals surface area contributed by atoms with Crippen molar-refractivity contribution in [2.24, 2.45) is 5.73 Å². The van der Waals surface area contributed by atoms with E-state index in [1.54, 1.807) is 0 Å². The Bertz CT molecular complexity index is 135. The van der Waals surface area contributed by atoms with Gasteiger partial charge in [0.05, 0.1) is 0 Å². The van der Waals surface area contributed by atoms with Crippen LogP contribution in [0.2, 0.25) is 0 Å². The molecule has 0 heterocycles. The molecule has 0 spiro atoms. The fourth-order valence-electron chi connectivity index (χ4n) is 0.836. The molecule has 0 rings (SSSR count). The molecule has 0 aliphatic carbocycles. The van der Waals surface area contributed by atoms with Crippen LogP contribution in [-0.2, 0) is 0 Å². The number of terminal acetylenes is 1. The van der Waals surface area contributed by atoms with E-state index in [9.17, 15) is 0 Å². The second-order valence-electron chi connectivity index (χ2n) is 3.12. The van der Waals surface area contributed by atoms with Gasteiger partial charge >= 0.3 is 0 Å². The smallest absolute Gasteiger partial charge is 0.0238 e. The van der Waals surface area contributed by atoms with Crippen LogP contribution in [0.1, 0.15) is 27.2 Å². The van der Waals surface area contributed by atoms with Gasteiger partial charge in [0.2, 0.25) is 0 Å². The van der Waals surface area contributed by atoms with E-state index in [4.69, 9.17) is 12.2 Å². The van der Waals surface area contributed by atoms with Crippen LogP contribution in [0.4, 0.5) is 0 Å². The summed E-state index contributed by atoms with van der Waals surface area (Å²) in [5.41, 5.74) is 5.67. The van der Waals surface area contributed by atoms with Crippen LogP contribution < -0.4 is 11.1 Å². The predicted molar refractivity (Wildman–Crippen MR) is 49.2 cm³/mol. The summed E-state index contributed by atoms with van der Waals surface area (Å²) in [5, 5.41) is 3.31. The molecule has 0 aromatic heterocycles. The summed E-state index contributed by atoms with van der Waals surface area (Å²) >= 11 is 0. The summed E-state index contributed by atoms with van der Waals surface area (Å²) in [6, 6.07) is 0.870. The molecule has 3 atom stereocenters. The van der Waals surface area contributed by atoms with E-state index in [2.05, 4.69) is 25.1 Å². The van der Waals surface area contributed by atoms with Crippen molar-refractivity contribution in [3.05, 3.63) is 0 Å². The SMILES string of the molecule is C#CCC(C)NC(C)C(C)N. The lowest BCUT2D eigenvalue weighted by Gasteiger charge is -2.21. The molecule has 2 nitrogen and oxygen atoms in total. The maximum atomic E-state index is 5.67. The average molecular weight is 154 g/mol. The Kier molecular flexibility index (Phi) is 4.93. The standard InChI is InChI=1S/C9H18N2/c1-5-6-7(2)11-9(4)8(3)10/h1,7-9,11H,6,10H2,2-4H3. The number of nitrogens with one attached hydrogen (secondary N) is 1. The largest absolute Gasteiger partial charge is 0.327 e. The summed E-state index contributed by atoms with van der Waals surface area (Å²) in [6.07, 6.45) is 5.92. The van der Waals surface area contributed by atoms with Crippen LogP contribution in [-0.4, -0.2) is 18.1 Å². The van der Waals surface area contributed by atoms with Gasteiger partial charge in [-0.15, -0.1) is 12.3 Å². The highest BCUT2D eigenvalue weighted by molar-refractivity contribution is 4.89. The highest BCUT2D eigenvalue weighted by Gasteiger charge is 2.09. The molecule has 3 N–H and O–H groups in total. The molecule has 11 heavy (non-hydrogen) atoms. The normalized spacial score (nSPS) is 18.5. The Morgan fingerprint density at radius 2 is 2.00 bits per heavy atom. The zero-order chi connectivity index (χ0) is 8.85. The predicted octanol–water partition coefficient (Wildman–Crippen LogP) is 0.723. The van der Waals surface area contributed by atoms with Gasteiger partial charge in [-0.05, 0) is 20.8 Å². The van der Waals surface area contributed by atoms with Crippen LogP contribution in [0.25, 0.3) is 0 Å². The van der Waals surface area contributed by atoms with Gasteiger partial charge in [0.25, 0.3) is 0 Å². The topological polar surface area (TPSA) is 38.0 Å². The minimum atomic E-state index is 0.176. The number of nitrogens with two attached hydrogens (primary N) is 1. The highest BCUT2D eigenvalue weighted by atomic mass is 15.0. The molecule has 0 bridgehead atoms. The first kappa shape index (κ1) is 10.5. The minimum absolute atomic E-state index is 0.176. The van der Waals surface area contributed by atoms with Gasteiger partial charge < -0.3 is 11.1 Å². The summed E-state index contributed by atoms with van der Waals surface area (Å²) in [6.45, 7) is 6.12. The van der Waals surface area contributed by atoms with Crippen molar-refractivity contribution in [1.82, 2.24) is 5.32 Å². The fourth-order valence-corrected chi connectivity index (χ4v) is 0.836. The Labute approximate surface area is 69.5 Å². The summed E-state index contributed by atoms with van der Waals surface area (Å²) in [5.74, 6) is 2.61. The lowest BCUT2D eigenvalue weighted by molar-refractivity contribution is 0.426. The number of rotatable bonds is 4. The first-order valence-electron chi connectivity index (χ1n) is 4.03. The van der Waals surface area contributed by atoms with Crippen LogP contribution >= 0.6 is 0 Å².